The Morgan fingerprint density at radius 2 is 1.43 bits per heavy atom. The van der Waals surface area contributed by atoms with E-state index in [1.165, 1.54) is 22.4 Å². The van der Waals surface area contributed by atoms with Crippen LogP contribution in [-0.2, 0) is 0 Å². The molecule has 0 N–H and O–H groups in total. The summed E-state index contributed by atoms with van der Waals surface area (Å²) in [7, 11) is 2.32. The maximum atomic E-state index is 4.41. The van der Waals surface area contributed by atoms with Gasteiger partial charge in [0, 0.05) is 28.8 Å². The first-order valence-electron chi connectivity index (χ1n) is 10.5. The standard InChI is InChI=1S/C28H30N2/c1-5-14-23(3)29-21-30(4,26-20-13-12-15-22(26)2)28(25-18-10-7-11-19-25)27(29)24-16-8-6-9-17-24/h5-21,27-28H,3H2,1-2,4H3/q+2. The number of hydrogen-bond acceptors (Lipinski definition) is 0. The summed E-state index contributed by atoms with van der Waals surface area (Å²) in [5.74, 6) is 0. The van der Waals surface area contributed by atoms with Gasteiger partial charge in [-0.3, -0.25) is 0 Å². The summed E-state index contributed by atoms with van der Waals surface area (Å²) in [6.45, 7) is 8.66. The van der Waals surface area contributed by atoms with Crippen molar-refractivity contribution in [3.05, 3.63) is 126 Å². The van der Waals surface area contributed by atoms with E-state index in [1.807, 2.05) is 6.92 Å². The van der Waals surface area contributed by atoms with Crippen molar-refractivity contribution < 1.29 is 4.58 Å². The average Bonchev–Trinajstić information content (AvgIpc) is 3.09. The van der Waals surface area contributed by atoms with Crippen molar-refractivity contribution >= 4 is 12.0 Å². The second-order valence-electron chi connectivity index (χ2n) is 8.16. The number of rotatable bonds is 5. The van der Waals surface area contributed by atoms with E-state index in [0.29, 0.717) is 4.48 Å². The summed E-state index contributed by atoms with van der Waals surface area (Å²) in [6, 6.07) is 30.7. The zero-order valence-electron chi connectivity index (χ0n) is 18.1. The molecule has 2 nitrogen and oxygen atoms in total. The predicted molar refractivity (Wildman–Crippen MR) is 128 cm³/mol. The summed E-state index contributed by atoms with van der Waals surface area (Å²) >= 11 is 0. The molecule has 3 atom stereocenters. The topological polar surface area (TPSA) is 3.01 Å². The van der Waals surface area contributed by atoms with E-state index in [4.69, 9.17) is 0 Å². The molecule has 0 spiro atoms. The van der Waals surface area contributed by atoms with Crippen molar-refractivity contribution in [1.29, 1.82) is 0 Å². The Morgan fingerprint density at radius 3 is 2.03 bits per heavy atom. The molecular formula is C28H30N2+2. The van der Waals surface area contributed by atoms with Crippen molar-refractivity contribution in [2.45, 2.75) is 25.9 Å². The highest BCUT2D eigenvalue weighted by molar-refractivity contribution is 5.75. The second-order valence-corrected chi connectivity index (χ2v) is 8.16. The van der Waals surface area contributed by atoms with Gasteiger partial charge in [-0.2, -0.15) is 0 Å². The highest BCUT2D eigenvalue weighted by Gasteiger charge is 2.56. The Balaban J connectivity index is 2.00. The van der Waals surface area contributed by atoms with Gasteiger partial charge >= 0.3 is 6.34 Å². The van der Waals surface area contributed by atoms with Crippen LogP contribution in [-0.4, -0.2) is 18.0 Å². The fourth-order valence-corrected chi connectivity index (χ4v) is 4.83. The lowest BCUT2D eigenvalue weighted by atomic mass is 9.90. The summed E-state index contributed by atoms with van der Waals surface area (Å²) in [6.07, 6.45) is 6.51. The molecule has 3 aromatic carbocycles. The van der Waals surface area contributed by atoms with Crippen molar-refractivity contribution in [2.75, 3.05) is 7.05 Å². The lowest BCUT2D eigenvalue weighted by Crippen LogP contribution is -2.45. The number of aryl methyl sites for hydroxylation is 1. The van der Waals surface area contributed by atoms with E-state index in [2.05, 4.69) is 129 Å². The Labute approximate surface area is 180 Å². The third kappa shape index (κ3) is 3.44. The van der Waals surface area contributed by atoms with Gasteiger partial charge in [0.2, 0.25) is 11.7 Å². The summed E-state index contributed by atoms with van der Waals surface area (Å²) < 4.78 is 3.05. The third-order valence-corrected chi connectivity index (χ3v) is 6.15. The fourth-order valence-electron chi connectivity index (χ4n) is 4.83. The number of para-hydroxylation sites is 1. The van der Waals surface area contributed by atoms with E-state index in [1.54, 1.807) is 0 Å². The highest BCUT2D eigenvalue weighted by Crippen LogP contribution is 2.48. The lowest BCUT2D eigenvalue weighted by Gasteiger charge is -2.32. The van der Waals surface area contributed by atoms with Crippen LogP contribution >= 0.6 is 0 Å². The van der Waals surface area contributed by atoms with Gasteiger partial charge in [-0.25, -0.2) is 4.48 Å². The van der Waals surface area contributed by atoms with Gasteiger partial charge in [0.05, 0.1) is 7.05 Å². The number of benzene rings is 3. The Bertz CT molecular complexity index is 1100. The molecule has 1 aliphatic heterocycles. The van der Waals surface area contributed by atoms with Crippen molar-refractivity contribution in [3.63, 3.8) is 0 Å². The number of allylic oxidation sites excluding steroid dienone is 2. The van der Waals surface area contributed by atoms with Crippen LogP contribution in [0.25, 0.3) is 0 Å². The molecule has 1 heterocycles. The van der Waals surface area contributed by atoms with Gasteiger partial charge < -0.3 is 0 Å². The lowest BCUT2D eigenvalue weighted by molar-refractivity contribution is -0.510. The minimum atomic E-state index is 0.141. The first-order valence-corrected chi connectivity index (χ1v) is 10.5. The molecule has 2 heteroatoms. The normalized spacial score (nSPS) is 23.5. The van der Waals surface area contributed by atoms with Gasteiger partial charge in [0.15, 0.2) is 6.04 Å². The molecule has 0 aromatic heterocycles. The summed E-state index contributed by atoms with van der Waals surface area (Å²) in [5, 5.41) is 0. The summed E-state index contributed by atoms with van der Waals surface area (Å²) in [4.78, 5) is 0. The molecule has 30 heavy (non-hydrogen) atoms. The van der Waals surface area contributed by atoms with Crippen molar-refractivity contribution in [3.8, 4) is 0 Å². The van der Waals surface area contributed by atoms with Crippen LogP contribution in [0.3, 0.4) is 0 Å². The van der Waals surface area contributed by atoms with Gasteiger partial charge in [-0.05, 0) is 20.4 Å². The van der Waals surface area contributed by atoms with Crippen LogP contribution in [0.2, 0.25) is 0 Å². The number of hydrogen-bond donors (Lipinski definition) is 0. The molecule has 0 saturated carbocycles. The summed E-state index contributed by atoms with van der Waals surface area (Å²) in [5.41, 5.74) is 6.22. The fraction of sp³-hybridized carbons (Fsp3) is 0.179. The Kier molecular flexibility index (Phi) is 5.52. The number of quaternary nitrogens is 1. The van der Waals surface area contributed by atoms with Gasteiger partial charge in [0.1, 0.15) is 5.69 Å². The van der Waals surface area contributed by atoms with Crippen LogP contribution in [0, 0.1) is 6.92 Å². The number of nitrogens with zero attached hydrogens (tertiary/aromatic N) is 2. The second kappa shape index (κ2) is 8.25. The van der Waals surface area contributed by atoms with Crippen LogP contribution < -0.4 is 4.48 Å². The van der Waals surface area contributed by atoms with Crippen LogP contribution in [0.15, 0.2) is 109 Å². The Morgan fingerprint density at radius 1 is 0.867 bits per heavy atom. The average molecular weight is 395 g/mol. The molecule has 0 saturated heterocycles. The van der Waals surface area contributed by atoms with E-state index in [9.17, 15) is 0 Å². The molecule has 0 aliphatic carbocycles. The van der Waals surface area contributed by atoms with Crippen LogP contribution in [0.1, 0.15) is 35.7 Å². The van der Waals surface area contributed by atoms with Crippen LogP contribution in [0.5, 0.6) is 0 Å². The van der Waals surface area contributed by atoms with Crippen LogP contribution in [0.4, 0.5) is 5.69 Å². The molecular weight excluding hydrogens is 364 g/mol. The molecule has 3 aromatic rings. The molecule has 4 rings (SSSR count). The maximum absolute atomic E-state index is 4.41. The van der Waals surface area contributed by atoms with E-state index in [-0.39, 0.29) is 12.1 Å². The van der Waals surface area contributed by atoms with E-state index in [0.717, 1.165) is 5.70 Å². The molecule has 0 amide bonds. The van der Waals surface area contributed by atoms with E-state index < -0.39 is 0 Å². The quantitative estimate of drug-likeness (QED) is 0.262. The number of likely N-dealkylation sites (N-methyl/N-ethyl adjacent to an activating group) is 1. The molecule has 150 valence electrons. The van der Waals surface area contributed by atoms with E-state index >= 15 is 0 Å². The minimum absolute atomic E-state index is 0.141. The minimum Gasteiger partial charge on any atom is -0.200 e. The highest BCUT2D eigenvalue weighted by atomic mass is 15.5. The van der Waals surface area contributed by atoms with Crippen molar-refractivity contribution in [2.24, 2.45) is 0 Å². The van der Waals surface area contributed by atoms with Gasteiger partial charge in [-0.15, -0.1) is 4.58 Å². The molecule has 3 unspecified atom stereocenters. The zero-order chi connectivity index (χ0) is 21.1. The molecule has 1 aliphatic rings. The third-order valence-electron chi connectivity index (χ3n) is 6.15. The SMILES string of the molecule is C=C(C=CC)[N+]1=C[N+](C)(c2ccccc2C)C(c2ccccc2)C1c1ccccc1. The first-order chi connectivity index (χ1) is 14.6. The predicted octanol–water partition coefficient (Wildman–Crippen LogP) is 6.56. The smallest absolute Gasteiger partial charge is 0.200 e. The van der Waals surface area contributed by atoms with Gasteiger partial charge in [0.25, 0.3) is 0 Å². The maximum Gasteiger partial charge on any atom is 0.338 e. The monoisotopic (exact) mass is 394 g/mol. The largest absolute Gasteiger partial charge is 0.338 e. The Hall–Kier alpha value is -3.23. The first kappa shape index (κ1) is 20.1. The van der Waals surface area contributed by atoms with Crippen molar-refractivity contribution in [1.82, 2.24) is 4.48 Å². The molecule has 0 radical (unpaired) electrons. The van der Waals surface area contributed by atoms with Gasteiger partial charge in [-0.1, -0.05) is 84.9 Å². The molecule has 0 bridgehead atoms. The molecule has 0 fully saturated rings. The zero-order valence-corrected chi connectivity index (χ0v) is 18.1.